The molecule has 0 saturated carbocycles. The molecule has 0 unspecified atom stereocenters. The molecule has 0 heterocycles. The van der Waals surface area contributed by atoms with Crippen molar-refractivity contribution in [3.05, 3.63) is 0 Å². The zero-order valence-corrected chi connectivity index (χ0v) is 6.51. The largest absolute Gasteiger partial charge is 0.370 e. The van der Waals surface area contributed by atoms with Crippen LogP contribution in [0.3, 0.4) is 0 Å². The smallest absolute Gasteiger partial charge is 0.325 e. The summed E-state index contributed by atoms with van der Waals surface area (Å²) >= 11 is 0. The topological polar surface area (TPSA) is 133 Å². The van der Waals surface area contributed by atoms with E-state index in [0.717, 1.165) is 0 Å². The van der Waals surface area contributed by atoms with Crippen molar-refractivity contribution in [3.63, 3.8) is 0 Å². The van der Waals surface area contributed by atoms with E-state index in [0.29, 0.717) is 0 Å². The van der Waals surface area contributed by atoms with E-state index in [4.69, 9.17) is 15.2 Å². The Labute approximate surface area is 58.9 Å². The molecule has 0 atom stereocenters. The summed E-state index contributed by atoms with van der Waals surface area (Å²) in [5.74, 6) is -0.333. The second-order valence-corrected chi connectivity index (χ2v) is 3.40. The van der Waals surface area contributed by atoms with Crippen molar-refractivity contribution < 1.29 is 14.4 Å². The number of rotatable bonds is 1. The Hall–Kier alpha value is -0.580. The third kappa shape index (κ3) is 52.2. The zero-order valence-electron chi connectivity index (χ0n) is 5.61. The summed E-state index contributed by atoms with van der Waals surface area (Å²) in [7, 11) is -3.65. The van der Waals surface area contributed by atoms with E-state index in [-0.39, 0.29) is 12.1 Å². The molecule has 0 rings (SSSR count). The molecule has 6 nitrogen and oxygen atoms in total. The first-order chi connectivity index (χ1) is 4.29. The van der Waals surface area contributed by atoms with E-state index in [1.54, 1.807) is 0 Å². The molecule has 0 aliphatic heterocycles. The Balaban J connectivity index is 0. The molecule has 7 N–H and O–H groups in total. The second kappa shape index (κ2) is 5.22. The fourth-order valence-electron chi connectivity index (χ4n) is 0. The van der Waals surface area contributed by atoms with E-state index < -0.39 is 7.60 Å². The van der Waals surface area contributed by atoms with Gasteiger partial charge >= 0.3 is 7.60 Å². The van der Waals surface area contributed by atoms with Gasteiger partial charge in [0.2, 0.25) is 0 Å². The van der Waals surface area contributed by atoms with Gasteiger partial charge in [0, 0.05) is 6.16 Å². The van der Waals surface area contributed by atoms with Crippen LogP contribution in [0.25, 0.3) is 0 Å². The van der Waals surface area contributed by atoms with Crippen LogP contribution in [0.4, 0.5) is 0 Å². The van der Waals surface area contributed by atoms with E-state index in [1.807, 2.05) is 0 Å². The third-order valence-corrected chi connectivity index (χ3v) is 1.24. The molecule has 10 heavy (non-hydrogen) atoms. The fraction of sp³-hybridized carbons (Fsp3) is 0.667. The minimum Gasteiger partial charge on any atom is -0.370 e. The van der Waals surface area contributed by atoms with Crippen molar-refractivity contribution in [2.45, 2.75) is 6.92 Å². The van der Waals surface area contributed by atoms with Gasteiger partial charge in [-0.3, -0.25) is 9.97 Å². The maximum Gasteiger partial charge on any atom is 0.325 e. The molecule has 62 valence electrons. The number of nitrogens with two attached hydrogens (primary N) is 2. The van der Waals surface area contributed by atoms with E-state index in [9.17, 15) is 4.57 Å². The number of hydrogen-bond acceptors (Lipinski definition) is 2. The first kappa shape index (κ1) is 12.1. The monoisotopic (exact) mass is 169 g/mol. The van der Waals surface area contributed by atoms with Crippen molar-refractivity contribution in [3.8, 4) is 0 Å². The highest BCUT2D eigenvalue weighted by molar-refractivity contribution is 7.51. The minimum atomic E-state index is -3.65. The Morgan fingerprint density at radius 2 is 1.70 bits per heavy atom. The first-order valence-electron chi connectivity index (χ1n) is 2.43. The third-order valence-electron chi connectivity index (χ3n) is 0.412. The summed E-state index contributed by atoms with van der Waals surface area (Å²) in [5.41, 5.74) is 8.94. The highest BCUT2D eigenvalue weighted by atomic mass is 31.2. The van der Waals surface area contributed by atoms with Crippen LogP contribution >= 0.6 is 7.60 Å². The summed E-state index contributed by atoms with van der Waals surface area (Å²) in [6.45, 7) is 1.45. The SMILES string of the molecule is CCP(=O)(O)O.N=C(N)N. The molecule has 0 aliphatic rings. The Morgan fingerprint density at radius 3 is 1.70 bits per heavy atom. The Bertz CT molecular complexity index is 138. The summed E-state index contributed by atoms with van der Waals surface area (Å²) in [6.07, 6.45) is -0.0625. The quantitative estimate of drug-likeness (QED) is 0.195. The Kier molecular flexibility index (Phi) is 6.34. The summed E-state index contributed by atoms with van der Waals surface area (Å²) < 4.78 is 9.69. The van der Waals surface area contributed by atoms with Gasteiger partial charge in [0.05, 0.1) is 0 Å². The van der Waals surface area contributed by atoms with Gasteiger partial charge in [-0.1, -0.05) is 6.92 Å². The van der Waals surface area contributed by atoms with Crippen molar-refractivity contribution in [1.29, 1.82) is 5.41 Å². The van der Waals surface area contributed by atoms with E-state index >= 15 is 0 Å². The lowest BCUT2D eigenvalue weighted by molar-refractivity contribution is 0.375. The van der Waals surface area contributed by atoms with Gasteiger partial charge in [-0.25, -0.2) is 0 Å². The molecule has 0 spiro atoms. The molecule has 7 heteroatoms. The van der Waals surface area contributed by atoms with Crippen molar-refractivity contribution in [2.75, 3.05) is 6.16 Å². The van der Waals surface area contributed by atoms with Crippen LogP contribution in [0.15, 0.2) is 0 Å². The Morgan fingerprint density at radius 1 is 1.60 bits per heavy atom. The van der Waals surface area contributed by atoms with Gasteiger partial charge in [0.1, 0.15) is 0 Å². The molecule has 0 amide bonds. The van der Waals surface area contributed by atoms with Crippen molar-refractivity contribution in [2.24, 2.45) is 11.5 Å². The molecular weight excluding hydrogens is 157 g/mol. The predicted octanol–water partition coefficient (Wildman–Crippen LogP) is -0.977. The molecule has 0 aliphatic carbocycles. The summed E-state index contributed by atoms with van der Waals surface area (Å²) in [5, 5.41) is 6.06. The molecule has 0 saturated heterocycles. The lowest BCUT2D eigenvalue weighted by Gasteiger charge is -1.92. The van der Waals surface area contributed by atoms with Gasteiger partial charge in [0.15, 0.2) is 5.96 Å². The average molecular weight is 169 g/mol. The lowest BCUT2D eigenvalue weighted by atomic mass is 11.0. The van der Waals surface area contributed by atoms with Gasteiger partial charge < -0.3 is 21.3 Å². The predicted molar refractivity (Wildman–Crippen MR) is 38.7 cm³/mol. The molecule has 0 aromatic rings. The fourth-order valence-corrected chi connectivity index (χ4v) is 0. The molecule has 0 aromatic heterocycles. The van der Waals surface area contributed by atoms with E-state index in [1.165, 1.54) is 6.92 Å². The van der Waals surface area contributed by atoms with E-state index in [2.05, 4.69) is 11.5 Å². The molecule has 0 bridgehead atoms. The molecule has 0 aromatic carbocycles. The highest BCUT2D eigenvalue weighted by Gasteiger charge is 2.05. The second-order valence-electron chi connectivity index (χ2n) is 1.44. The summed E-state index contributed by atoms with van der Waals surface area (Å²) in [6, 6.07) is 0. The minimum absolute atomic E-state index is 0.0625. The maximum atomic E-state index is 9.69. The summed E-state index contributed by atoms with van der Waals surface area (Å²) in [4.78, 5) is 15.9. The van der Waals surface area contributed by atoms with Gasteiger partial charge in [-0.15, -0.1) is 0 Å². The van der Waals surface area contributed by atoms with Crippen LogP contribution in [0.2, 0.25) is 0 Å². The number of nitrogens with one attached hydrogen (secondary N) is 1. The van der Waals surface area contributed by atoms with Crippen molar-refractivity contribution in [1.82, 2.24) is 0 Å². The molecular formula is C3H12N3O3P. The lowest BCUT2D eigenvalue weighted by Crippen LogP contribution is -2.20. The number of guanidine groups is 1. The van der Waals surface area contributed by atoms with Gasteiger partial charge in [-0.05, 0) is 0 Å². The molecule has 0 radical (unpaired) electrons. The van der Waals surface area contributed by atoms with Crippen LogP contribution in [-0.2, 0) is 4.57 Å². The van der Waals surface area contributed by atoms with Gasteiger partial charge in [0.25, 0.3) is 0 Å². The molecule has 0 fully saturated rings. The normalized spacial score (nSPS) is 9.50. The number of hydrogen-bond donors (Lipinski definition) is 5. The van der Waals surface area contributed by atoms with Crippen LogP contribution in [0, 0.1) is 5.41 Å². The average Bonchev–Trinajstić information content (AvgIpc) is 1.63. The van der Waals surface area contributed by atoms with Crippen LogP contribution in [-0.4, -0.2) is 21.9 Å². The first-order valence-corrected chi connectivity index (χ1v) is 4.23. The van der Waals surface area contributed by atoms with Crippen LogP contribution in [0.1, 0.15) is 6.92 Å². The maximum absolute atomic E-state index is 9.69. The highest BCUT2D eigenvalue weighted by Crippen LogP contribution is 2.32. The van der Waals surface area contributed by atoms with Crippen LogP contribution < -0.4 is 11.5 Å². The van der Waals surface area contributed by atoms with Gasteiger partial charge in [-0.2, -0.15) is 0 Å². The standard InChI is InChI=1S/C2H7O3P.CH5N3/c1-2-6(3,4)5;2-1(3)4/h2H2,1H3,(H2,3,4,5);(H5,2,3,4). The van der Waals surface area contributed by atoms with Crippen molar-refractivity contribution >= 4 is 13.6 Å². The zero-order chi connectivity index (χ0) is 8.78. The van der Waals surface area contributed by atoms with Crippen LogP contribution in [0.5, 0.6) is 0 Å².